The predicted molar refractivity (Wildman–Crippen MR) is 54.1 cm³/mol. The summed E-state index contributed by atoms with van der Waals surface area (Å²) in [5, 5.41) is 17.1. The maximum absolute atomic E-state index is 11.6. The van der Waals surface area contributed by atoms with Gasteiger partial charge in [-0.15, -0.1) is 0 Å². The second kappa shape index (κ2) is 4.40. The molecule has 0 saturated carbocycles. The third-order valence-corrected chi connectivity index (χ3v) is 2.53. The van der Waals surface area contributed by atoms with Gasteiger partial charge in [-0.2, -0.15) is 0 Å². The van der Waals surface area contributed by atoms with Crippen LogP contribution in [0.1, 0.15) is 12.8 Å². The van der Waals surface area contributed by atoms with Gasteiger partial charge in [-0.25, -0.2) is 4.79 Å². The molecule has 1 saturated heterocycles. The molecule has 92 valence electrons. The SMILES string of the molecule is O=C1CC(NC(=O)C2CC(C(=O)O)=NO2)CN1. The van der Waals surface area contributed by atoms with Gasteiger partial charge >= 0.3 is 5.97 Å². The first-order chi connectivity index (χ1) is 8.06. The monoisotopic (exact) mass is 241 g/mol. The summed E-state index contributed by atoms with van der Waals surface area (Å²) in [4.78, 5) is 37.8. The fourth-order valence-corrected chi connectivity index (χ4v) is 1.65. The molecule has 0 aliphatic carbocycles. The second-order valence-corrected chi connectivity index (χ2v) is 3.86. The lowest BCUT2D eigenvalue weighted by Crippen LogP contribution is -2.42. The highest BCUT2D eigenvalue weighted by Crippen LogP contribution is 2.11. The van der Waals surface area contributed by atoms with Crippen LogP contribution >= 0.6 is 0 Å². The fraction of sp³-hybridized carbons (Fsp3) is 0.556. The van der Waals surface area contributed by atoms with Gasteiger partial charge in [0.15, 0.2) is 5.71 Å². The van der Waals surface area contributed by atoms with E-state index < -0.39 is 18.0 Å². The quantitative estimate of drug-likeness (QED) is 0.540. The summed E-state index contributed by atoms with van der Waals surface area (Å²) in [6, 6.07) is -0.271. The van der Waals surface area contributed by atoms with Gasteiger partial charge in [0.1, 0.15) is 0 Å². The largest absolute Gasteiger partial charge is 0.477 e. The van der Waals surface area contributed by atoms with E-state index in [0.717, 1.165) is 0 Å². The smallest absolute Gasteiger partial charge is 0.353 e. The van der Waals surface area contributed by atoms with E-state index in [4.69, 9.17) is 9.94 Å². The lowest BCUT2D eigenvalue weighted by atomic mass is 10.1. The van der Waals surface area contributed by atoms with Crippen LogP contribution in [0.4, 0.5) is 0 Å². The molecule has 0 aromatic heterocycles. The van der Waals surface area contributed by atoms with Crippen LogP contribution in [0.5, 0.6) is 0 Å². The molecule has 2 aliphatic rings. The van der Waals surface area contributed by atoms with Gasteiger partial charge in [0, 0.05) is 19.4 Å². The first-order valence-corrected chi connectivity index (χ1v) is 5.09. The molecule has 2 aliphatic heterocycles. The predicted octanol–water partition coefficient (Wildman–Crippen LogP) is -1.78. The Bertz CT molecular complexity index is 405. The van der Waals surface area contributed by atoms with Crippen LogP contribution < -0.4 is 10.6 Å². The van der Waals surface area contributed by atoms with Crippen molar-refractivity contribution in [2.24, 2.45) is 5.16 Å². The van der Waals surface area contributed by atoms with E-state index in [0.29, 0.717) is 6.54 Å². The van der Waals surface area contributed by atoms with Crippen molar-refractivity contribution in [3.63, 3.8) is 0 Å². The van der Waals surface area contributed by atoms with Crippen LogP contribution in [0.25, 0.3) is 0 Å². The van der Waals surface area contributed by atoms with E-state index in [-0.39, 0.29) is 30.5 Å². The van der Waals surface area contributed by atoms with Crippen LogP contribution in [0, 0.1) is 0 Å². The summed E-state index contributed by atoms with van der Waals surface area (Å²) in [5.41, 5.74) is -0.175. The van der Waals surface area contributed by atoms with Gasteiger partial charge in [-0.3, -0.25) is 9.59 Å². The molecule has 0 spiro atoms. The lowest BCUT2D eigenvalue weighted by Gasteiger charge is -2.13. The van der Waals surface area contributed by atoms with Crippen molar-refractivity contribution in [3.8, 4) is 0 Å². The molecule has 3 N–H and O–H groups in total. The molecule has 0 aromatic rings. The van der Waals surface area contributed by atoms with Gasteiger partial charge in [-0.05, 0) is 0 Å². The Hall–Kier alpha value is -2.12. The maximum Gasteiger partial charge on any atom is 0.353 e. The summed E-state index contributed by atoms with van der Waals surface area (Å²) >= 11 is 0. The summed E-state index contributed by atoms with van der Waals surface area (Å²) < 4.78 is 0. The van der Waals surface area contributed by atoms with E-state index in [1.54, 1.807) is 0 Å². The Labute approximate surface area is 96.0 Å². The maximum atomic E-state index is 11.6. The van der Waals surface area contributed by atoms with Crippen molar-refractivity contribution in [2.45, 2.75) is 25.0 Å². The number of hydrogen-bond acceptors (Lipinski definition) is 5. The zero-order chi connectivity index (χ0) is 12.4. The normalized spacial score (nSPS) is 27.1. The number of amides is 2. The van der Waals surface area contributed by atoms with Crippen molar-refractivity contribution < 1.29 is 24.3 Å². The van der Waals surface area contributed by atoms with Gasteiger partial charge in [-0.1, -0.05) is 5.16 Å². The number of hydrogen-bond donors (Lipinski definition) is 3. The van der Waals surface area contributed by atoms with Crippen molar-refractivity contribution in [3.05, 3.63) is 0 Å². The fourth-order valence-electron chi connectivity index (χ4n) is 1.65. The molecule has 17 heavy (non-hydrogen) atoms. The number of nitrogens with one attached hydrogen (secondary N) is 2. The second-order valence-electron chi connectivity index (χ2n) is 3.86. The third-order valence-electron chi connectivity index (χ3n) is 2.53. The minimum absolute atomic E-state index is 0.0603. The van der Waals surface area contributed by atoms with E-state index in [2.05, 4.69) is 15.8 Å². The lowest BCUT2D eigenvalue weighted by molar-refractivity contribution is -0.131. The first-order valence-electron chi connectivity index (χ1n) is 5.09. The molecule has 0 bridgehead atoms. The standard InChI is InChI=1S/C9H11N3O5/c13-7-1-4(3-10-7)11-8(14)6-2-5(9(15)16)12-17-6/h4,6H,1-3H2,(H,10,13)(H,11,14)(H,15,16). The zero-order valence-corrected chi connectivity index (χ0v) is 8.80. The summed E-state index contributed by atoms with van der Waals surface area (Å²) in [6.07, 6.45) is -0.753. The van der Waals surface area contributed by atoms with Crippen molar-refractivity contribution >= 4 is 23.5 Å². The number of carboxylic acids is 1. The van der Waals surface area contributed by atoms with Gasteiger partial charge in [0.05, 0.1) is 6.04 Å². The minimum Gasteiger partial charge on any atom is -0.477 e. The molecule has 8 nitrogen and oxygen atoms in total. The number of carbonyl (C=O) groups excluding carboxylic acids is 2. The minimum atomic E-state index is -1.20. The number of carboxylic acid groups (broad SMARTS) is 1. The van der Waals surface area contributed by atoms with Gasteiger partial charge in [0.2, 0.25) is 12.0 Å². The summed E-state index contributed by atoms with van der Waals surface area (Å²) in [7, 11) is 0. The van der Waals surface area contributed by atoms with Crippen molar-refractivity contribution in [1.29, 1.82) is 0 Å². The van der Waals surface area contributed by atoms with Crippen LogP contribution in [0.3, 0.4) is 0 Å². The first kappa shape index (κ1) is 11.4. The highest BCUT2D eigenvalue weighted by molar-refractivity contribution is 6.36. The molecule has 2 atom stereocenters. The van der Waals surface area contributed by atoms with E-state index in [1.165, 1.54) is 0 Å². The number of rotatable bonds is 3. The molecule has 2 amide bonds. The summed E-state index contributed by atoms with van der Waals surface area (Å²) in [5.74, 6) is -1.77. The van der Waals surface area contributed by atoms with Gasteiger partial charge < -0.3 is 20.6 Å². The van der Waals surface area contributed by atoms with E-state index >= 15 is 0 Å². The van der Waals surface area contributed by atoms with Crippen LogP contribution in [-0.2, 0) is 19.2 Å². The van der Waals surface area contributed by atoms with Crippen LogP contribution in [0.2, 0.25) is 0 Å². The Morgan fingerprint density at radius 3 is 2.76 bits per heavy atom. The van der Waals surface area contributed by atoms with E-state index in [1.807, 2.05) is 0 Å². The molecular formula is C9H11N3O5. The average Bonchev–Trinajstić information content (AvgIpc) is 2.86. The van der Waals surface area contributed by atoms with Gasteiger partial charge in [0.25, 0.3) is 5.91 Å². The highest BCUT2D eigenvalue weighted by Gasteiger charge is 2.33. The van der Waals surface area contributed by atoms with Crippen molar-refractivity contribution in [2.75, 3.05) is 6.54 Å². The zero-order valence-electron chi connectivity index (χ0n) is 8.80. The molecule has 2 rings (SSSR count). The van der Waals surface area contributed by atoms with E-state index in [9.17, 15) is 14.4 Å². The third kappa shape index (κ3) is 2.52. The topological polar surface area (TPSA) is 117 Å². The summed E-state index contributed by atoms with van der Waals surface area (Å²) in [6.45, 7) is 0.379. The molecule has 0 radical (unpaired) electrons. The Morgan fingerprint density at radius 1 is 1.47 bits per heavy atom. The number of aliphatic carboxylic acids is 1. The molecular weight excluding hydrogens is 230 g/mol. The number of oxime groups is 1. The van der Waals surface area contributed by atoms with Crippen LogP contribution in [0.15, 0.2) is 5.16 Å². The van der Waals surface area contributed by atoms with Crippen molar-refractivity contribution in [1.82, 2.24) is 10.6 Å². The number of carbonyl (C=O) groups is 3. The molecule has 0 aromatic carbocycles. The molecule has 8 heteroatoms. The molecule has 2 unspecified atom stereocenters. The number of nitrogens with zero attached hydrogens (tertiary/aromatic N) is 1. The Kier molecular flexibility index (Phi) is 2.94. The average molecular weight is 241 g/mol. The Balaban J connectivity index is 1.82. The van der Waals surface area contributed by atoms with Crippen LogP contribution in [-0.4, -0.2) is 47.3 Å². The highest BCUT2D eigenvalue weighted by atomic mass is 16.6. The Morgan fingerprint density at radius 2 is 2.24 bits per heavy atom. The molecule has 1 fully saturated rings. The molecule has 2 heterocycles.